The molecule has 1 atom stereocenters. The van der Waals surface area contributed by atoms with Gasteiger partial charge in [0, 0.05) is 6.61 Å². The lowest BCUT2D eigenvalue weighted by Gasteiger charge is -2.25. The molecular weight excluding hydrogens is 296 g/mol. The van der Waals surface area contributed by atoms with E-state index in [9.17, 15) is 14.4 Å². The molecule has 0 bridgehead atoms. The van der Waals surface area contributed by atoms with Crippen molar-refractivity contribution in [1.82, 2.24) is 0 Å². The maximum Gasteiger partial charge on any atom is 0.374 e. The van der Waals surface area contributed by atoms with E-state index in [1.807, 2.05) is 0 Å². The van der Waals surface area contributed by atoms with Crippen molar-refractivity contribution in [1.29, 1.82) is 0 Å². The van der Waals surface area contributed by atoms with Gasteiger partial charge < -0.3 is 23.7 Å². The summed E-state index contributed by atoms with van der Waals surface area (Å²) >= 11 is 0. The maximum absolute atomic E-state index is 11.9. The van der Waals surface area contributed by atoms with Gasteiger partial charge >= 0.3 is 17.9 Å². The van der Waals surface area contributed by atoms with Crippen LogP contribution in [0.3, 0.4) is 0 Å². The SMILES string of the molecule is CCOC(=O)C1=C(C(=O)OC)OC(OCC)C(C(=O)OC)=C1. The highest BCUT2D eigenvalue weighted by Crippen LogP contribution is 2.26. The molecule has 8 heteroatoms. The summed E-state index contributed by atoms with van der Waals surface area (Å²) in [6.07, 6.45) is -0.0235. The summed E-state index contributed by atoms with van der Waals surface area (Å²) in [5.74, 6) is -2.83. The molecule has 1 rings (SSSR count). The molecule has 0 radical (unpaired) electrons. The third-order valence-electron chi connectivity index (χ3n) is 2.63. The largest absolute Gasteiger partial charge is 0.465 e. The summed E-state index contributed by atoms with van der Waals surface area (Å²) in [5, 5.41) is 0. The van der Waals surface area contributed by atoms with Crippen LogP contribution in [0.4, 0.5) is 0 Å². The summed E-state index contributed by atoms with van der Waals surface area (Å²) in [5.41, 5.74) is -0.287. The molecule has 1 unspecified atom stereocenters. The Morgan fingerprint density at radius 2 is 1.68 bits per heavy atom. The van der Waals surface area contributed by atoms with E-state index in [4.69, 9.17) is 14.2 Å². The molecule has 0 aromatic heterocycles. The Morgan fingerprint density at radius 1 is 1.05 bits per heavy atom. The number of hydrogen-bond acceptors (Lipinski definition) is 8. The van der Waals surface area contributed by atoms with Crippen LogP contribution in [0.5, 0.6) is 0 Å². The minimum absolute atomic E-state index is 0.0555. The van der Waals surface area contributed by atoms with Gasteiger partial charge in [-0.05, 0) is 19.9 Å². The lowest BCUT2D eigenvalue weighted by molar-refractivity contribution is -0.157. The summed E-state index contributed by atoms with van der Waals surface area (Å²) in [4.78, 5) is 35.5. The molecule has 22 heavy (non-hydrogen) atoms. The summed E-state index contributed by atoms with van der Waals surface area (Å²) in [6, 6.07) is 0. The number of rotatable bonds is 6. The van der Waals surface area contributed by atoms with Crippen molar-refractivity contribution in [3.8, 4) is 0 Å². The topological polar surface area (TPSA) is 97.4 Å². The fourth-order valence-electron chi connectivity index (χ4n) is 1.68. The summed E-state index contributed by atoms with van der Waals surface area (Å²) < 4.78 is 24.6. The Bertz CT molecular complexity index is 517. The Kier molecular flexibility index (Phi) is 6.58. The van der Waals surface area contributed by atoms with Gasteiger partial charge in [-0.2, -0.15) is 0 Å². The van der Waals surface area contributed by atoms with E-state index in [0.717, 1.165) is 13.2 Å². The Morgan fingerprint density at radius 3 is 2.18 bits per heavy atom. The monoisotopic (exact) mass is 314 g/mol. The minimum Gasteiger partial charge on any atom is -0.465 e. The second kappa shape index (κ2) is 8.18. The zero-order valence-electron chi connectivity index (χ0n) is 12.8. The first kappa shape index (κ1) is 17.7. The van der Waals surface area contributed by atoms with Gasteiger partial charge in [0.2, 0.25) is 12.0 Å². The van der Waals surface area contributed by atoms with E-state index in [0.29, 0.717) is 0 Å². The molecule has 0 aromatic carbocycles. The quantitative estimate of drug-likeness (QED) is 0.515. The highest BCUT2D eigenvalue weighted by Gasteiger charge is 2.36. The van der Waals surface area contributed by atoms with Crippen LogP contribution in [0, 0.1) is 0 Å². The van der Waals surface area contributed by atoms with E-state index in [-0.39, 0.29) is 30.1 Å². The normalized spacial score (nSPS) is 17.3. The predicted molar refractivity (Wildman–Crippen MR) is 72.3 cm³/mol. The van der Waals surface area contributed by atoms with Gasteiger partial charge in [0.1, 0.15) is 11.1 Å². The van der Waals surface area contributed by atoms with Gasteiger partial charge in [-0.15, -0.1) is 0 Å². The molecule has 1 heterocycles. The third-order valence-corrected chi connectivity index (χ3v) is 2.63. The summed E-state index contributed by atoms with van der Waals surface area (Å²) in [6.45, 7) is 3.59. The van der Waals surface area contributed by atoms with Gasteiger partial charge in [0.15, 0.2) is 0 Å². The number of carbonyl (C=O) groups excluding carboxylic acids is 3. The first-order valence-corrected chi connectivity index (χ1v) is 6.57. The van der Waals surface area contributed by atoms with Crippen LogP contribution in [0.25, 0.3) is 0 Å². The molecule has 0 saturated heterocycles. The van der Waals surface area contributed by atoms with Crippen molar-refractivity contribution in [3.63, 3.8) is 0 Å². The van der Waals surface area contributed by atoms with Crippen molar-refractivity contribution >= 4 is 17.9 Å². The average molecular weight is 314 g/mol. The second-order valence-corrected chi connectivity index (χ2v) is 3.95. The first-order valence-electron chi connectivity index (χ1n) is 6.57. The van der Waals surface area contributed by atoms with E-state index in [2.05, 4.69) is 9.47 Å². The van der Waals surface area contributed by atoms with Gasteiger partial charge in [-0.3, -0.25) is 0 Å². The standard InChI is InChI=1S/C14H18O8/c1-5-20-12(16)8-7-9(11(15)18-3)14(21-6-2)22-10(8)13(17)19-4/h7,14H,5-6H2,1-4H3. The van der Waals surface area contributed by atoms with Gasteiger partial charge in [0.25, 0.3) is 0 Å². The van der Waals surface area contributed by atoms with Crippen molar-refractivity contribution in [2.75, 3.05) is 27.4 Å². The maximum atomic E-state index is 11.9. The molecule has 0 aromatic rings. The van der Waals surface area contributed by atoms with Gasteiger partial charge in [-0.1, -0.05) is 0 Å². The van der Waals surface area contributed by atoms with Crippen LogP contribution in [-0.4, -0.2) is 51.6 Å². The molecule has 8 nitrogen and oxygen atoms in total. The number of methoxy groups -OCH3 is 2. The highest BCUT2D eigenvalue weighted by molar-refractivity contribution is 6.04. The van der Waals surface area contributed by atoms with Gasteiger partial charge in [-0.25, -0.2) is 14.4 Å². The fraction of sp³-hybridized carbons (Fsp3) is 0.500. The van der Waals surface area contributed by atoms with Crippen LogP contribution < -0.4 is 0 Å². The third kappa shape index (κ3) is 3.85. The number of hydrogen-bond donors (Lipinski definition) is 0. The number of carbonyl (C=O) groups is 3. The lowest BCUT2D eigenvalue weighted by Crippen LogP contribution is -2.32. The van der Waals surface area contributed by atoms with Crippen LogP contribution in [-0.2, 0) is 38.1 Å². The lowest BCUT2D eigenvalue weighted by atomic mass is 10.1. The first-order chi connectivity index (χ1) is 10.5. The second-order valence-electron chi connectivity index (χ2n) is 3.95. The zero-order chi connectivity index (χ0) is 16.7. The highest BCUT2D eigenvalue weighted by atomic mass is 16.7. The Balaban J connectivity index is 3.34. The number of ether oxygens (including phenoxy) is 5. The Labute approximate surface area is 127 Å². The average Bonchev–Trinajstić information content (AvgIpc) is 2.53. The fourth-order valence-corrected chi connectivity index (χ4v) is 1.68. The molecule has 0 aliphatic carbocycles. The van der Waals surface area contributed by atoms with E-state index in [1.165, 1.54) is 7.11 Å². The molecule has 0 spiro atoms. The predicted octanol–water partition coefficient (Wildman–Crippen LogP) is 0.469. The molecule has 1 aliphatic heterocycles. The van der Waals surface area contributed by atoms with Crippen molar-refractivity contribution in [2.45, 2.75) is 20.1 Å². The smallest absolute Gasteiger partial charge is 0.374 e. The van der Waals surface area contributed by atoms with Crippen LogP contribution >= 0.6 is 0 Å². The molecule has 0 N–H and O–H groups in total. The molecule has 0 fully saturated rings. The Hall–Kier alpha value is -2.35. The minimum atomic E-state index is -1.18. The molecule has 1 aliphatic rings. The van der Waals surface area contributed by atoms with Gasteiger partial charge in [0.05, 0.1) is 20.8 Å². The zero-order valence-corrected chi connectivity index (χ0v) is 12.8. The molecule has 122 valence electrons. The molecule has 0 saturated carbocycles. The molecular formula is C14H18O8. The van der Waals surface area contributed by atoms with Crippen LogP contribution in [0.2, 0.25) is 0 Å². The van der Waals surface area contributed by atoms with E-state index >= 15 is 0 Å². The van der Waals surface area contributed by atoms with Crippen molar-refractivity contribution in [2.24, 2.45) is 0 Å². The van der Waals surface area contributed by atoms with E-state index in [1.54, 1.807) is 13.8 Å². The van der Waals surface area contributed by atoms with Crippen LogP contribution in [0.15, 0.2) is 23.0 Å². The summed E-state index contributed by atoms with van der Waals surface area (Å²) in [7, 11) is 2.31. The van der Waals surface area contributed by atoms with E-state index < -0.39 is 24.2 Å². The molecule has 0 amide bonds. The van der Waals surface area contributed by atoms with Crippen molar-refractivity contribution < 1.29 is 38.1 Å². The van der Waals surface area contributed by atoms with Crippen LogP contribution in [0.1, 0.15) is 13.8 Å². The number of esters is 3. The van der Waals surface area contributed by atoms with Crippen molar-refractivity contribution in [3.05, 3.63) is 23.0 Å².